The highest BCUT2D eigenvalue weighted by Gasteiger charge is 2.24. The number of hydrogen-bond donors (Lipinski definition) is 0. The summed E-state index contributed by atoms with van der Waals surface area (Å²) in [5, 5.41) is 0. The van der Waals surface area contributed by atoms with Gasteiger partial charge in [0.05, 0.1) is 5.69 Å². The predicted octanol–water partition coefficient (Wildman–Crippen LogP) is 2.45. The van der Waals surface area contributed by atoms with Crippen molar-refractivity contribution >= 4 is 16.8 Å². The highest BCUT2D eigenvalue weighted by atomic mass is 32.2. The highest BCUT2D eigenvalue weighted by molar-refractivity contribution is 7.85. The smallest absolute Gasteiger partial charge is 0.304 e. The Morgan fingerprint density at radius 3 is 2.42 bits per heavy atom. The number of esters is 1. The molecule has 0 aliphatic heterocycles. The van der Waals surface area contributed by atoms with E-state index in [4.69, 9.17) is 4.74 Å². The van der Waals surface area contributed by atoms with E-state index in [0.717, 1.165) is 0 Å². The van der Waals surface area contributed by atoms with Gasteiger partial charge < -0.3 is 4.74 Å². The first-order valence-corrected chi connectivity index (χ1v) is 6.93. The molecule has 19 heavy (non-hydrogen) atoms. The van der Waals surface area contributed by atoms with E-state index in [2.05, 4.69) is 4.98 Å². The minimum Gasteiger partial charge on any atom is -0.442 e. The fourth-order valence-electron chi connectivity index (χ4n) is 1.56. The van der Waals surface area contributed by atoms with Crippen molar-refractivity contribution in [2.45, 2.75) is 17.3 Å². The van der Waals surface area contributed by atoms with E-state index in [1.54, 1.807) is 48.7 Å². The first kappa shape index (κ1) is 13.4. The number of rotatable bonds is 4. The topological polar surface area (TPSA) is 56.3 Å². The van der Waals surface area contributed by atoms with Gasteiger partial charge in [-0.25, -0.2) is 0 Å². The molecule has 0 N–H and O–H groups in total. The van der Waals surface area contributed by atoms with Crippen LogP contribution in [0.2, 0.25) is 0 Å². The minimum atomic E-state index is -1.50. The summed E-state index contributed by atoms with van der Waals surface area (Å²) in [4.78, 5) is 15.9. The number of carbonyl (C=O) groups is 1. The fraction of sp³-hybridized carbons (Fsp3) is 0.143. The van der Waals surface area contributed by atoms with Crippen molar-refractivity contribution in [2.24, 2.45) is 0 Å². The Bertz CT molecular complexity index is 572. The van der Waals surface area contributed by atoms with E-state index in [1.165, 1.54) is 6.92 Å². The summed E-state index contributed by atoms with van der Waals surface area (Å²) >= 11 is 0. The SMILES string of the molecule is CC(=O)OC(c1ccccn1)S(=O)c1ccccc1. The number of ether oxygens (including phenoxy) is 1. The molecule has 0 aliphatic rings. The summed E-state index contributed by atoms with van der Waals surface area (Å²) in [6.45, 7) is 1.29. The van der Waals surface area contributed by atoms with Gasteiger partial charge >= 0.3 is 5.97 Å². The molecule has 1 aromatic carbocycles. The second-order valence-corrected chi connectivity index (χ2v) is 5.30. The molecule has 0 spiro atoms. The van der Waals surface area contributed by atoms with Crippen molar-refractivity contribution < 1.29 is 13.7 Å². The van der Waals surface area contributed by atoms with Gasteiger partial charge in [-0.3, -0.25) is 14.0 Å². The van der Waals surface area contributed by atoms with Crippen LogP contribution in [0, 0.1) is 0 Å². The summed E-state index contributed by atoms with van der Waals surface area (Å²) in [6.07, 6.45) is 1.58. The van der Waals surface area contributed by atoms with Crippen molar-refractivity contribution in [1.82, 2.24) is 4.98 Å². The molecule has 0 radical (unpaired) electrons. The Labute approximate surface area is 113 Å². The third-order valence-corrected chi connectivity index (χ3v) is 3.84. The zero-order chi connectivity index (χ0) is 13.7. The normalized spacial score (nSPS) is 13.5. The van der Waals surface area contributed by atoms with Gasteiger partial charge in [0.2, 0.25) is 5.44 Å². The molecule has 0 fully saturated rings. The predicted molar refractivity (Wildman–Crippen MR) is 71.6 cm³/mol. The average Bonchev–Trinajstić information content (AvgIpc) is 2.46. The molecule has 0 saturated heterocycles. The van der Waals surface area contributed by atoms with Crippen molar-refractivity contribution in [3.8, 4) is 0 Å². The fourth-order valence-corrected chi connectivity index (χ4v) is 2.81. The van der Waals surface area contributed by atoms with Crippen LogP contribution in [0.25, 0.3) is 0 Å². The lowest BCUT2D eigenvalue weighted by atomic mass is 10.4. The summed E-state index contributed by atoms with van der Waals surface area (Å²) < 4.78 is 17.6. The molecule has 98 valence electrons. The molecule has 2 aromatic rings. The van der Waals surface area contributed by atoms with Crippen LogP contribution in [0.15, 0.2) is 59.6 Å². The van der Waals surface area contributed by atoms with E-state index in [1.807, 2.05) is 6.07 Å². The van der Waals surface area contributed by atoms with Crippen LogP contribution in [0.3, 0.4) is 0 Å². The van der Waals surface area contributed by atoms with Crippen LogP contribution < -0.4 is 0 Å². The van der Waals surface area contributed by atoms with Gasteiger partial charge in [0.1, 0.15) is 10.8 Å². The molecule has 1 heterocycles. The molecule has 2 rings (SSSR count). The second kappa shape index (κ2) is 6.24. The van der Waals surface area contributed by atoms with Gasteiger partial charge in [-0.2, -0.15) is 0 Å². The molecular weight excluding hydrogens is 262 g/mol. The maximum absolute atomic E-state index is 12.5. The van der Waals surface area contributed by atoms with Gasteiger partial charge in [-0.1, -0.05) is 24.3 Å². The standard InChI is InChI=1S/C14H13NO3S/c1-11(16)18-14(13-9-5-6-10-15-13)19(17)12-7-3-2-4-8-12/h2-10,14H,1H3. The molecular formula is C14H13NO3S. The van der Waals surface area contributed by atoms with Gasteiger partial charge in [-0.15, -0.1) is 0 Å². The van der Waals surface area contributed by atoms with Gasteiger partial charge in [-0.05, 0) is 24.3 Å². The van der Waals surface area contributed by atoms with Crippen LogP contribution in [-0.4, -0.2) is 15.2 Å². The Kier molecular flexibility index (Phi) is 4.41. The molecule has 0 saturated carbocycles. The lowest BCUT2D eigenvalue weighted by Crippen LogP contribution is -2.15. The number of benzene rings is 1. The summed E-state index contributed by atoms with van der Waals surface area (Å²) in [6, 6.07) is 14.1. The highest BCUT2D eigenvalue weighted by Crippen LogP contribution is 2.25. The van der Waals surface area contributed by atoms with E-state index in [-0.39, 0.29) is 0 Å². The van der Waals surface area contributed by atoms with E-state index >= 15 is 0 Å². The first-order valence-electron chi connectivity index (χ1n) is 5.72. The van der Waals surface area contributed by atoms with Crippen LogP contribution in [0.5, 0.6) is 0 Å². The maximum atomic E-state index is 12.5. The molecule has 0 amide bonds. The second-order valence-electron chi connectivity index (χ2n) is 3.81. The summed E-state index contributed by atoms with van der Waals surface area (Å²) in [5.41, 5.74) is -0.416. The molecule has 2 atom stereocenters. The number of carbonyl (C=O) groups excluding carboxylic acids is 1. The van der Waals surface area contributed by atoms with Crippen molar-refractivity contribution in [1.29, 1.82) is 0 Å². The molecule has 4 nitrogen and oxygen atoms in total. The maximum Gasteiger partial charge on any atom is 0.304 e. The van der Waals surface area contributed by atoms with Crippen LogP contribution in [0.4, 0.5) is 0 Å². The third-order valence-electron chi connectivity index (χ3n) is 2.37. The monoisotopic (exact) mass is 275 g/mol. The van der Waals surface area contributed by atoms with Gasteiger partial charge in [0.25, 0.3) is 0 Å². The van der Waals surface area contributed by atoms with E-state index in [9.17, 15) is 9.00 Å². The zero-order valence-electron chi connectivity index (χ0n) is 10.4. The summed E-state index contributed by atoms with van der Waals surface area (Å²) in [5.74, 6) is -0.486. The lowest BCUT2D eigenvalue weighted by molar-refractivity contribution is -0.142. The largest absolute Gasteiger partial charge is 0.442 e. The number of nitrogens with zero attached hydrogens (tertiary/aromatic N) is 1. The van der Waals surface area contributed by atoms with Crippen LogP contribution in [0.1, 0.15) is 18.1 Å². The quantitative estimate of drug-likeness (QED) is 0.804. The van der Waals surface area contributed by atoms with Crippen molar-refractivity contribution in [2.75, 3.05) is 0 Å². The molecule has 1 aromatic heterocycles. The Morgan fingerprint density at radius 2 is 1.84 bits per heavy atom. The molecule has 0 bridgehead atoms. The molecule has 5 heteroatoms. The zero-order valence-corrected chi connectivity index (χ0v) is 11.2. The third kappa shape index (κ3) is 3.48. The summed E-state index contributed by atoms with van der Waals surface area (Å²) in [7, 11) is -1.50. The Balaban J connectivity index is 2.33. The number of pyridine rings is 1. The number of aromatic nitrogens is 1. The van der Waals surface area contributed by atoms with Crippen molar-refractivity contribution in [3.05, 3.63) is 60.4 Å². The van der Waals surface area contributed by atoms with Gasteiger partial charge in [0, 0.05) is 18.0 Å². The lowest BCUT2D eigenvalue weighted by Gasteiger charge is -2.15. The first-order chi connectivity index (χ1) is 9.18. The molecule has 2 unspecified atom stereocenters. The number of hydrogen-bond acceptors (Lipinski definition) is 4. The van der Waals surface area contributed by atoms with E-state index in [0.29, 0.717) is 10.6 Å². The minimum absolute atomic E-state index is 0.472. The van der Waals surface area contributed by atoms with Crippen molar-refractivity contribution in [3.63, 3.8) is 0 Å². The van der Waals surface area contributed by atoms with Crippen LogP contribution in [-0.2, 0) is 20.3 Å². The average molecular weight is 275 g/mol. The Hall–Kier alpha value is -2.01. The van der Waals surface area contributed by atoms with Crippen LogP contribution >= 0.6 is 0 Å². The Morgan fingerprint density at radius 1 is 1.16 bits per heavy atom. The van der Waals surface area contributed by atoms with Gasteiger partial charge in [0.15, 0.2) is 0 Å². The van der Waals surface area contributed by atoms with E-state index < -0.39 is 22.2 Å². The molecule has 0 aliphatic carbocycles.